The van der Waals surface area contributed by atoms with Crippen LogP contribution < -0.4 is 10.7 Å². The summed E-state index contributed by atoms with van der Waals surface area (Å²) in [6.07, 6.45) is 3.27. The molecule has 6 heteroatoms. The molecule has 0 spiro atoms. The number of carbonyl (C=O) groups is 2. The van der Waals surface area contributed by atoms with E-state index in [-0.39, 0.29) is 12.3 Å². The fourth-order valence-corrected chi connectivity index (χ4v) is 2.37. The lowest BCUT2D eigenvalue weighted by Crippen LogP contribution is -2.24. The van der Waals surface area contributed by atoms with Gasteiger partial charge in [-0.1, -0.05) is 30.3 Å². The van der Waals surface area contributed by atoms with Gasteiger partial charge in [-0.3, -0.25) is 9.59 Å². The van der Waals surface area contributed by atoms with E-state index < -0.39 is 5.91 Å². The van der Waals surface area contributed by atoms with E-state index in [0.29, 0.717) is 5.69 Å². The molecule has 0 saturated heterocycles. The molecule has 2 aromatic carbocycles. The van der Waals surface area contributed by atoms with Crippen LogP contribution in [0.2, 0.25) is 0 Å². The van der Waals surface area contributed by atoms with Crippen molar-refractivity contribution < 1.29 is 9.59 Å². The molecule has 0 heterocycles. The predicted octanol–water partition coefficient (Wildman–Crippen LogP) is 3.20. The summed E-state index contributed by atoms with van der Waals surface area (Å²) in [5.41, 5.74) is 4.87. The molecule has 0 radical (unpaired) electrons. The molecule has 0 aromatic heterocycles. The van der Waals surface area contributed by atoms with Crippen LogP contribution in [0.1, 0.15) is 17.5 Å². The maximum absolute atomic E-state index is 11.9. The van der Waals surface area contributed by atoms with Crippen molar-refractivity contribution >= 4 is 35.5 Å². The molecular formula is C18H19N3O2S. The second kappa shape index (κ2) is 8.88. The third-order valence-electron chi connectivity index (χ3n) is 3.26. The molecule has 0 unspecified atom stereocenters. The molecule has 0 fully saturated rings. The van der Waals surface area contributed by atoms with E-state index in [9.17, 15) is 9.59 Å². The maximum atomic E-state index is 11.9. The molecule has 2 rings (SSSR count). The zero-order chi connectivity index (χ0) is 17.4. The summed E-state index contributed by atoms with van der Waals surface area (Å²) in [4.78, 5) is 24.7. The summed E-state index contributed by atoms with van der Waals surface area (Å²) >= 11 is 1.66. The summed E-state index contributed by atoms with van der Waals surface area (Å²) in [5, 5.41) is 6.57. The number of hydrogen-bond acceptors (Lipinski definition) is 4. The van der Waals surface area contributed by atoms with Gasteiger partial charge in [0.1, 0.15) is 6.42 Å². The van der Waals surface area contributed by atoms with E-state index in [1.165, 1.54) is 0 Å². The Bertz CT molecular complexity index is 742. The van der Waals surface area contributed by atoms with Crippen LogP contribution in [0.4, 0.5) is 5.69 Å². The fourth-order valence-electron chi connectivity index (χ4n) is 1.96. The largest absolute Gasteiger partial charge is 0.325 e. The molecule has 0 saturated carbocycles. The highest BCUT2D eigenvalue weighted by Gasteiger charge is 2.09. The minimum Gasteiger partial charge on any atom is -0.325 e. The van der Waals surface area contributed by atoms with E-state index in [4.69, 9.17) is 0 Å². The first-order chi connectivity index (χ1) is 11.6. The smallest absolute Gasteiger partial charge is 0.249 e. The Labute approximate surface area is 145 Å². The van der Waals surface area contributed by atoms with Gasteiger partial charge in [-0.2, -0.15) is 5.10 Å². The van der Waals surface area contributed by atoms with Gasteiger partial charge in [0.25, 0.3) is 0 Å². The van der Waals surface area contributed by atoms with Crippen LogP contribution >= 0.6 is 11.8 Å². The quantitative estimate of drug-likeness (QED) is 0.367. The van der Waals surface area contributed by atoms with Crippen LogP contribution in [0, 0.1) is 6.92 Å². The van der Waals surface area contributed by atoms with E-state index in [2.05, 4.69) is 15.8 Å². The highest BCUT2D eigenvalue weighted by Crippen LogP contribution is 2.14. The lowest BCUT2D eigenvalue weighted by atomic mass is 10.2. The lowest BCUT2D eigenvalue weighted by molar-refractivity contribution is -0.126. The molecule has 0 bridgehead atoms. The Kier molecular flexibility index (Phi) is 6.57. The molecule has 0 aliphatic carbocycles. The number of nitrogens with one attached hydrogen (secondary N) is 2. The minimum atomic E-state index is -0.460. The Balaban J connectivity index is 1.81. The average Bonchev–Trinajstić information content (AvgIpc) is 2.57. The predicted molar refractivity (Wildman–Crippen MR) is 98.4 cm³/mol. The number of rotatable bonds is 6. The van der Waals surface area contributed by atoms with Crippen LogP contribution in [0.15, 0.2) is 58.5 Å². The standard InChI is InChI=1S/C18H19N3O2S/c1-13-5-3-4-6-16(13)20-17(22)11-18(23)21-19-12-14-7-9-15(24-2)10-8-14/h3-10,12H,11H2,1-2H3,(H,20,22)(H,21,23). The number of hydrazone groups is 1. The average molecular weight is 341 g/mol. The highest BCUT2D eigenvalue weighted by atomic mass is 32.2. The Morgan fingerprint density at radius 2 is 1.79 bits per heavy atom. The molecule has 124 valence electrons. The van der Waals surface area contributed by atoms with Crippen LogP contribution in [0.5, 0.6) is 0 Å². The molecular weight excluding hydrogens is 322 g/mol. The number of aryl methyl sites for hydroxylation is 1. The Morgan fingerprint density at radius 3 is 2.46 bits per heavy atom. The van der Waals surface area contributed by atoms with Crippen molar-refractivity contribution in [3.05, 3.63) is 59.7 Å². The molecule has 2 aromatic rings. The van der Waals surface area contributed by atoms with Gasteiger partial charge < -0.3 is 5.32 Å². The van der Waals surface area contributed by atoms with Gasteiger partial charge in [-0.15, -0.1) is 11.8 Å². The second-order valence-electron chi connectivity index (χ2n) is 5.11. The second-order valence-corrected chi connectivity index (χ2v) is 5.99. The number of anilines is 1. The first kappa shape index (κ1) is 17.7. The van der Waals surface area contributed by atoms with Crippen molar-refractivity contribution in [2.75, 3.05) is 11.6 Å². The van der Waals surface area contributed by atoms with E-state index >= 15 is 0 Å². The topological polar surface area (TPSA) is 70.6 Å². The number of nitrogens with zero attached hydrogens (tertiary/aromatic N) is 1. The van der Waals surface area contributed by atoms with Crippen molar-refractivity contribution in [1.82, 2.24) is 5.43 Å². The lowest BCUT2D eigenvalue weighted by Gasteiger charge is -2.07. The number of thioether (sulfide) groups is 1. The van der Waals surface area contributed by atoms with Gasteiger partial charge in [0.05, 0.1) is 6.21 Å². The van der Waals surface area contributed by atoms with Crippen molar-refractivity contribution in [1.29, 1.82) is 0 Å². The number of hydrogen-bond donors (Lipinski definition) is 2. The summed E-state index contributed by atoms with van der Waals surface area (Å²) in [6.45, 7) is 1.89. The molecule has 5 nitrogen and oxygen atoms in total. The monoisotopic (exact) mass is 341 g/mol. The molecule has 0 atom stereocenters. The van der Waals surface area contributed by atoms with Crippen molar-refractivity contribution in [2.45, 2.75) is 18.2 Å². The Hall–Kier alpha value is -2.60. The molecule has 24 heavy (non-hydrogen) atoms. The summed E-state index contributed by atoms with van der Waals surface area (Å²) in [7, 11) is 0. The first-order valence-electron chi connectivity index (χ1n) is 7.40. The zero-order valence-electron chi connectivity index (χ0n) is 13.6. The van der Waals surface area contributed by atoms with E-state index in [1.807, 2.05) is 55.6 Å². The van der Waals surface area contributed by atoms with E-state index in [0.717, 1.165) is 16.0 Å². The van der Waals surface area contributed by atoms with Crippen molar-refractivity contribution in [2.24, 2.45) is 5.10 Å². The molecule has 2 amide bonds. The van der Waals surface area contributed by atoms with E-state index in [1.54, 1.807) is 24.0 Å². The highest BCUT2D eigenvalue weighted by molar-refractivity contribution is 7.98. The third kappa shape index (κ3) is 5.55. The maximum Gasteiger partial charge on any atom is 0.249 e. The van der Waals surface area contributed by atoms with Crippen LogP contribution in [-0.2, 0) is 9.59 Å². The van der Waals surface area contributed by atoms with Gasteiger partial charge in [0, 0.05) is 10.6 Å². The van der Waals surface area contributed by atoms with Gasteiger partial charge in [0.15, 0.2) is 0 Å². The minimum absolute atomic E-state index is 0.281. The SMILES string of the molecule is CSc1ccc(C=NNC(=O)CC(=O)Nc2ccccc2C)cc1. The zero-order valence-corrected chi connectivity index (χ0v) is 14.4. The number of benzene rings is 2. The third-order valence-corrected chi connectivity index (χ3v) is 4.00. The first-order valence-corrected chi connectivity index (χ1v) is 8.62. The van der Waals surface area contributed by atoms with Gasteiger partial charge in [-0.05, 0) is 42.5 Å². The van der Waals surface area contributed by atoms with Gasteiger partial charge in [0.2, 0.25) is 11.8 Å². The Morgan fingerprint density at radius 1 is 1.08 bits per heavy atom. The van der Waals surface area contributed by atoms with Gasteiger partial charge >= 0.3 is 0 Å². The molecule has 0 aliphatic heterocycles. The summed E-state index contributed by atoms with van der Waals surface area (Å²) in [6, 6.07) is 15.2. The fraction of sp³-hybridized carbons (Fsp3) is 0.167. The van der Waals surface area contributed by atoms with Crippen LogP contribution in [-0.4, -0.2) is 24.3 Å². The van der Waals surface area contributed by atoms with Crippen LogP contribution in [0.3, 0.4) is 0 Å². The van der Waals surface area contributed by atoms with Crippen molar-refractivity contribution in [3.63, 3.8) is 0 Å². The molecule has 2 N–H and O–H groups in total. The van der Waals surface area contributed by atoms with Crippen LogP contribution in [0.25, 0.3) is 0 Å². The molecule has 0 aliphatic rings. The number of amides is 2. The summed E-state index contributed by atoms with van der Waals surface area (Å²) < 4.78 is 0. The number of para-hydroxylation sites is 1. The van der Waals surface area contributed by atoms with Crippen molar-refractivity contribution in [3.8, 4) is 0 Å². The summed E-state index contributed by atoms with van der Waals surface area (Å²) in [5.74, 6) is -0.834. The van der Waals surface area contributed by atoms with Gasteiger partial charge in [-0.25, -0.2) is 5.43 Å². The number of carbonyl (C=O) groups excluding carboxylic acids is 2. The normalized spacial score (nSPS) is 10.6.